The van der Waals surface area contributed by atoms with Crippen LogP contribution in [0.3, 0.4) is 0 Å². The standard InChI is InChI=1S/C13H20N2OS.ClH/c1-9(8-11-5-4-10(2)17-11)15-12(16)13(14)6-3-7-13;/h4-5,9H,3,6-8,14H2,1-2H3,(H,15,16);1H. The van der Waals surface area contributed by atoms with Gasteiger partial charge >= 0.3 is 0 Å². The predicted molar refractivity (Wildman–Crippen MR) is 78.4 cm³/mol. The molecule has 1 aliphatic carbocycles. The van der Waals surface area contributed by atoms with Crippen LogP contribution >= 0.6 is 23.7 Å². The van der Waals surface area contributed by atoms with Gasteiger partial charge in [-0.2, -0.15) is 0 Å². The van der Waals surface area contributed by atoms with E-state index in [4.69, 9.17) is 5.73 Å². The van der Waals surface area contributed by atoms with E-state index in [1.807, 2.05) is 6.92 Å². The summed E-state index contributed by atoms with van der Waals surface area (Å²) in [7, 11) is 0. The molecule has 0 saturated heterocycles. The van der Waals surface area contributed by atoms with Crippen LogP contribution in [0.15, 0.2) is 12.1 Å². The second kappa shape index (κ2) is 6.04. The van der Waals surface area contributed by atoms with Crippen LogP contribution in [0.4, 0.5) is 0 Å². The largest absolute Gasteiger partial charge is 0.352 e. The topological polar surface area (TPSA) is 55.1 Å². The summed E-state index contributed by atoms with van der Waals surface area (Å²) in [5, 5.41) is 3.02. The maximum Gasteiger partial charge on any atom is 0.240 e. The molecule has 2 rings (SSSR count). The second-order valence-electron chi connectivity index (χ2n) is 5.10. The summed E-state index contributed by atoms with van der Waals surface area (Å²) in [6.45, 7) is 4.13. The molecule has 1 fully saturated rings. The van der Waals surface area contributed by atoms with Gasteiger partial charge in [0.25, 0.3) is 0 Å². The van der Waals surface area contributed by atoms with E-state index in [1.165, 1.54) is 9.75 Å². The lowest BCUT2D eigenvalue weighted by Crippen LogP contribution is -2.60. The number of hydrogen-bond donors (Lipinski definition) is 2. The molecule has 0 aromatic carbocycles. The van der Waals surface area contributed by atoms with Gasteiger partial charge in [0, 0.05) is 22.2 Å². The zero-order chi connectivity index (χ0) is 12.5. The fourth-order valence-electron chi connectivity index (χ4n) is 2.10. The summed E-state index contributed by atoms with van der Waals surface area (Å²) in [6.07, 6.45) is 3.61. The first-order valence-corrected chi connectivity index (χ1v) is 6.96. The van der Waals surface area contributed by atoms with Crippen LogP contribution in [-0.4, -0.2) is 17.5 Å². The van der Waals surface area contributed by atoms with Crippen LogP contribution in [0.5, 0.6) is 0 Å². The van der Waals surface area contributed by atoms with Crippen molar-refractivity contribution >= 4 is 29.7 Å². The van der Waals surface area contributed by atoms with Crippen molar-refractivity contribution < 1.29 is 4.79 Å². The third-order valence-corrected chi connectivity index (χ3v) is 4.40. The number of carbonyl (C=O) groups is 1. The molecule has 1 atom stereocenters. The Morgan fingerprint density at radius 3 is 2.67 bits per heavy atom. The van der Waals surface area contributed by atoms with E-state index < -0.39 is 5.54 Å². The Bertz CT molecular complexity index is 415. The molecule has 1 saturated carbocycles. The molecule has 1 unspecified atom stereocenters. The third-order valence-electron chi connectivity index (χ3n) is 3.38. The van der Waals surface area contributed by atoms with Crippen LogP contribution in [0.1, 0.15) is 35.9 Å². The van der Waals surface area contributed by atoms with Gasteiger partial charge in [0.15, 0.2) is 0 Å². The van der Waals surface area contributed by atoms with Crippen LogP contribution < -0.4 is 11.1 Å². The molecule has 0 radical (unpaired) electrons. The fraction of sp³-hybridized carbons (Fsp3) is 0.615. The monoisotopic (exact) mass is 288 g/mol. The zero-order valence-corrected chi connectivity index (χ0v) is 12.5. The Labute approximate surface area is 119 Å². The number of rotatable bonds is 4. The fourth-order valence-corrected chi connectivity index (χ4v) is 3.12. The first kappa shape index (κ1) is 15.5. The van der Waals surface area contributed by atoms with Crippen molar-refractivity contribution in [3.05, 3.63) is 21.9 Å². The minimum absolute atomic E-state index is 0. The summed E-state index contributed by atoms with van der Waals surface area (Å²) < 4.78 is 0. The van der Waals surface area contributed by atoms with Crippen molar-refractivity contribution in [2.24, 2.45) is 5.73 Å². The Balaban J connectivity index is 0.00000162. The van der Waals surface area contributed by atoms with Gasteiger partial charge in [0.2, 0.25) is 5.91 Å². The second-order valence-corrected chi connectivity index (χ2v) is 6.47. The van der Waals surface area contributed by atoms with E-state index >= 15 is 0 Å². The molecule has 1 aromatic heterocycles. The first-order valence-electron chi connectivity index (χ1n) is 6.15. The summed E-state index contributed by atoms with van der Waals surface area (Å²) >= 11 is 1.79. The highest BCUT2D eigenvalue weighted by molar-refractivity contribution is 7.11. The number of halogens is 1. The van der Waals surface area contributed by atoms with Gasteiger partial charge in [0.05, 0.1) is 5.54 Å². The summed E-state index contributed by atoms with van der Waals surface area (Å²) in [5.74, 6) is 0.0181. The third kappa shape index (κ3) is 3.46. The van der Waals surface area contributed by atoms with E-state index in [0.29, 0.717) is 0 Å². The van der Waals surface area contributed by atoms with Gasteiger partial charge in [-0.3, -0.25) is 4.79 Å². The van der Waals surface area contributed by atoms with Gasteiger partial charge in [0.1, 0.15) is 0 Å². The first-order chi connectivity index (χ1) is 7.99. The molecule has 3 N–H and O–H groups in total. The van der Waals surface area contributed by atoms with Crippen molar-refractivity contribution in [2.75, 3.05) is 0 Å². The predicted octanol–water partition coefficient (Wildman–Crippen LogP) is 2.41. The summed E-state index contributed by atoms with van der Waals surface area (Å²) in [4.78, 5) is 14.5. The number of nitrogens with two attached hydrogens (primary N) is 1. The van der Waals surface area contributed by atoms with Crippen LogP contribution in [0.25, 0.3) is 0 Å². The lowest BCUT2D eigenvalue weighted by Gasteiger charge is -2.37. The Morgan fingerprint density at radius 1 is 1.56 bits per heavy atom. The molecular weight excluding hydrogens is 268 g/mol. The molecule has 1 heterocycles. The van der Waals surface area contributed by atoms with Crippen molar-refractivity contribution in [1.29, 1.82) is 0 Å². The van der Waals surface area contributed by atoms with E-state index in [0.717, 1.165) is 25.7 Å². The van der Waals surface area contributed by atoms with E-state index in [1.54, 1.807) is 11.3 Å². The van der Waals surface area contributed by atoms with Crippen LogP contribution in [0.2, 0.25) is 0 Å². The average molecular weight is 289 g/mol. The van der Waals surface area contributed by atoms with Crippen molar-refractivity contribution in [1.82, 2.24) is 5.32 Å². The van der Waals surface area contributed by atoms with Gasteiger partial charge in [-0.05, 0) is 45.2 Å². The number of thiophene rings is 1. The number of carbonyl (C=O) groups excluding carboxylic acids is 1. The van der Waals surface area contributed by atoms with Gasteiger partial charge in [-0.15, -0.1) is 23.7 Å². The molecule has 0 bridgehead atoms. The normalized spacial score (nSPS) is 18.4. The Kier molecular flexibility index (Phi) is 5.20. The SMILES string of the molecule is Cc1ccc(CC(C)NC(=O)C2(N)CCC2)s1.Cl. The minimum Gasteiger partial charge on any atom is -0.352 e. The Morgan fingerprint density at radius 2 is 2.22 bits per heavy atom. The van der Waals surface area contributed by atoms with E-state index in [2.05, 4.69) is 24.4 Å². The molecule has 0 spiro atoms. The van der Waals surface area contributed by atoms with Crippen molar-refractivity contribution in [3.63, 3.8) is 0 Å². The number of nitrogens with one attached hydrogen (secondary N) is 1. The highest BCUT2D eigenvalue weighted by Gasteiger charge is 2.40. The van der Waals surface area contributed by atoms with Crippen molar-refractivity contribution in [3.8, 4) is 0 Å². The highest BCUT2D eigenvalue weighted by Crippen LogP contribution is 2.29. The average Bonchev–Trinajstić information content (AvgIpc) is 2.60. The quantitative estimate of drug-likeness (QED) is 0.894. The minimum atomic E-state index is -0.584. The lowest BCUT2D eigenvalue weighted by molar-refractivity contribution is -0.129. The van der Waals surface area contributed by atoms with E-state index in [9.17, 15) is 4.79 Å². The molecule has 3 nitrogen and oxygen atoms in total. The lowest BCUT2D eigenvalue weighted by atomic mass is 9.77. The van der Waals surface area contributed by atoms with Gasteiger partial charge in [-0.1, -0.05) is 0 Å². The molecule has 1 amide bonds. The smallest absolute Gasteiger partial charge is 0.240 e. The Hall–Kier alpha value is -0.580. The van der Waals surface area contributed by atoms with Crippen LogP contribution in [-0.2, 0) is 11.2 Å². The zero-order valence-electron chi connectivity index (χ0n) is 10.9. The number of hydrogen-bond acceptors (Lipinski definition) is 3. The molecular formula is C13H21ClN2OS. The molecule has 1 aliphatic rings. The maximum atomic E-state index is 11.9. The van der Waals surface area contributed by atoms with Gasteiger partial charge in [-0.25, -0.2) is 0 Å². The molecule has 18 heavy (non-hydrogen) atoms. The molecule has 102 valence electrons. The maximum absolute atomic E-state index is 11.9. The van der Waals surface area contributed by atoms with E-state index in [-0.39, 0.29) is 24.4 Å². The van der Waals surface area contributed by atoms with Gasteiger partial charge < -0.3 is 11.1 Å². The molecule has 5 heteroatoms. The van der Waals surface area contributed by atoms with Crippen LogP contribution in [0, 0.1) is 6.92 Å². The highest BCUT2D eigenvalue weighted by atomic mass is 35.5. The number of amides is 1. The molecule has 1 aromatic rings. The van der Waals surface area contributed by atoms with Crippen molar-refractivity contribution in [2.45, 2.75) is 51.1 Å². The number of aryl methyl sites for hydroxylation is 1. The summed E-state index contributed by atoms with van der Waals surface area (Å²) in [6, 6.07) is 4.40. The molecule has 0 aliphatic heterocycles. The summed E-state index contributed by atoms with van der Waals surface area (Å²) in [5.41, 5.74) is 5.40.